The second-order valence-corrected chi connectivity index (χ2v) is 3.21. The Kier molecular flexibility index (Phi) is 4.63. The van der Waals surface area contributed by atoms with Gasteiger partial charge in [-0.2, -0.15) is 0 Å². The number of phenolic OH excluding ortho intramolecular Hbond substituents is 1. The van der Waals surface area contributed by atoms with Gasteiger partial charge in [0, 0.05) is 12.1 Å². The summed E-state index contributed by atoms with van der Waals surface area (Å²) in [6.07, 6.45) is 1.95. The standard InChI is InChI=1S/C12H15O5/c1-4-5-11(14)17-10-7-8(15-2)6-9(13)12(10)16-3/h5-7,13H,4H2,1-3H3. The van der Waals surface area contributed by atoms with Crippen molar-refractivity contribution in [2.24, 2.45) is 0 Å². The Labute approximate surface area is 99.9 Å². The number of esters is 1. The first kappa shape index (κ1) is 13.2. The molecule has 0 atom stereocenters. The maximum absolute atomic E-state index is 11.3. The molecule has 0 spiro atoms. The molecule has 0 aliphatic rings. The average Bonchev–Trinajstić information content (AvgIpc) is 2.28. The van der Waals surface area contributed by atoms with E-state index in [1.54, 1.807) is 0 Å². The predicted octanol–water partition coefficient (Wildman–Crippen LogP) is 1.93. The number of hydrogen-bond donors (Lipinski definition) is 1. The summed E-state index contributed by atoms with van der Waals surface area (Å²) in [6.45, 7) is 1.82. The van der Waals surface area contributed by atoms with Crippen LogP contribution in [0.25, 0.3) is 0 Å². The lowest BCUT2D eigenvalue weighted by molar-refractivity contribution is -0.130. The van der Waals surface area contributed by atoms with Crippen LogP contribution in [0.1, 0.15) is 13.3 Å². The van der Waals surface area contributed by atoms with Gasteiger partial charge in [0.1, 0.15) is 5.75 Å². The highest BCUT2D eigenvalue weighted by Gasteiger charge is 2.15. The molecule has 0 saturated heterocycles. The molecule has 1 aromatic carbocycles. The van der Waals surface area contributed by atoms with E-state index < -0.39 is 5.97 Å². The van der Waals surface area contributed by atoms with E-state index in [0.717, 1.165) is 0 Å². The average molecular weight is 239 g/mol. The van der Waals surface area contributed by atoms with Crippen molar-refractivity contribution in [3.63, 3.8) is 0 Å². The third-order valence-electron chi connectivity index (χ3n) is 2.03. The molecule has 0 aliphatic heterocycles. The van der Waals surface area contributed by atoms with Crippen molar-refractivity contribution >= 4 is 5.97 Å². The van der Waals surface area contributed by atoms with Crippen LogP contribution >= 0.6 is 0 Å². The third kappa shape index (κ3) is 3.27. The smallest absolute Gasteiger partial charge is 0.315 e. The van der Waals surface area contributed by atoms with E-state index in [4.69, 9.17) is 14.2 Å². The van der Waals surface area contributed by atoms with Crippen LogP contribution in [0.15, 0.2) is 12.1 Å². The molecule has 0 amide bonds. The maximum atomic E-state index is 11.3. The monoisotopic (exact) mass is 239 g/mol. The molecule has 5 nitrogen and oxygen atoms in total. The van der Waals surface area contributed by atoms with E-state index in [2.05, 4.69) is 0 Å². The van der Waals surface area contributed by atoms with E-state index in [9.17, 15) is 9.90 Å². The van der Waals surface area contributed by atoms with Gasteiger partial charge in [0.2, 0.25) is 5.75 Å². The lowest BCUT2D eigenvalue weighted by atomic mass is 10.2. The predicted molar refractivity (Wildman–Crippen MR) is 61.4 cm³/mol. The van der Waals surface area contributed by atoms with Crippen molar-refractivity contribution < 1.29 is 24.1 Å². The Morgan fingerprint density at radius 2 is 2.06 bits per heavy atom. The number of aromatic hydroxyl groups is 1. The summed E-state index contributed by atoms with van der Waals surface area (Å²) >= 11 is 0. The highest BCUT2D eigenvalue weighted by atomic mass is 16.6. The molecule has 17 heavy (non-hydrogen) atoms. The zero-order chi connectivity index (χ0) is 12.8. The quantitative estimate of drug-likeness (QED) is 0.628. The minimum atomic E-state index is -0.501. The van der Waals surface area contributed by atoms with Crippen LogP contribution in [0.5, 0.6) is 23.0 Å². The van der Waals surface area contributed by atoms with Crippen molar-refractivity contribution in [3.8, 4) is 23.0 Å². The van der Waals surface area contributed by atoms with Gasteiger partial charge in [0.25, 0.3) is 0 Å². The SMILES string of the molecule is CC[CH]C(=O)Oc1cc(OC)cc(O)c1OC. The van der Waals surface area contributed by atoms with Crippen LogP contribution in [0.3, 0.4) is 0 Å². The number of hydrogen-bond acceptors (Lipinski definition) is 5. The first-order valence-corrected chi connectivity index (χ1v) is 5.12. The molecule has 0 unspecified atom stereocenters. The molecular weight excluding hydrogens is 224 g/mol. The van der Waals surface area contributed by atoms with E-state index in [1.807, 2.05) is 6.92 Å². The first-order chi connectivity index (χ1) is 8.12. The molecule has 1 aromatic rings. The molecule has 0 aromatic heterocycles. The van der Waals surface area contributed by atoms with Crippen molar-refractivity contribution in [2.45, 2.75) is 13.3 Å². The summed E-state index contributed by atoms with van der Waals surface area (Å²) in [7, 11) is 2.83. The fourth-order valence-corrected chi connectivity index (χ4v) is 1.28. The highest BCUT2D eigenvalue weighted by Crippen LogP contribution is 2.40. The molecule has 1 radical (unpaired) electrons. The normalized spacial score (nSPS) is 9.82. The Morgan fingerprint density at radius 3 is 2.59 bits per heavy atom. The molecule has 0 aliphatic carbocycles. The summed E-state index contributed by atoms with van der Waals surface area (Å²) < 4.78 is 15.0. The van der Waals surface area contributed by atoms with Crippen LogP contribution in [0, 0.1) is 6.42 Å². The number of rotatable bonds is 5. The molecule has 1 rings (SSSR count). The number of phenols is 1. The van der Waals surface area contributed by atoms with Gasteiger partial charge in [0.15, 0.2) is 11.5 Å². The van der Waals surface area contributed by atoms with Gasteiger partial charge in [-0.05, 0) is 6.42 Å². The Hall–Kier alpha value is -1.91. The number of benzene rings is 1. The van der Waals surface area contributed by atoms with E-state index in [1.165, 1.54) is 32.8 Å². The van der Waals surface area contributed by atoms with Crippen LogP contribution < -0.4 is 14.2 Å². The fourth-order valence-electron chi connectivity index (χ4n) is 1.28. The van der Waals surface area contributed by atoms with Gasteiger partial charge >= 0.3 is 5.97 Å². The Bertz CT molecular complexity index is 400. The largest absolute Gasteiger partial charge is 0.504 e. The molecule has 0 heterocycles. The van der Waals surface area contributed by atoms with Gasteiger partial charge in [-0.1, -0.05) is 6.92 Å². The van der Waals surface area contributed by atoms with Gasteiger partial charge < -0.3 is 19.3 Å². The van der Waals surface area contributed by atoms with Crippen LogP contribution in [-0.2, 0) is 4.79 Å². The Balaban J connectivity index is 3.02. The number of methoxy groups -OCH3 is 2. The topological polar surface area (TPSA) is 65.0 Å². The van der Waals surface area contributed by atoms with Crippen LogP contribution in [-0.4, -0.2) is 25.3 Å². The fraction of sp³-hybridized carbons (Fsp3) is 0.333. The van der Waals surface area contributed by atoms with Gasteiger partial charge in [-0.15, -0.1) is 0 Å². The summed E-state index contributed by atoms with van der Waals surface area (Å²) in [5, 5.41) is 9.64. The lowest BCUT2D eigenvalue weighted by Gasteiger charge is -2.12. The summed E-state index contributed by atoms with van der Waals surface area (Å²) in [6, 6.07) is 2.85. The summed E-state index contributed by atoms with van der Waals surface area (Å²) in [4.78, 5) is 11.3. The molecule has 0 bridgehead atoms. The summed E-state index contributed by atoms with van der Waals surface area (Å²) in [5.74, 6) is -0.0464. The molecule has 0 saturated carbocycles. The van der Waals surface area contributed by atoms with Crippen molar-refractivity contribution in [1.29, 1.82) is 0 Å². The number of carbonyl (C=O) groups is 1. The van der Waals surface area contributed by atoms with Crippen LogP contribution in [0.2, 0.25) is 0 Å². The first-order valence-electron chi connectivity index (χ1n) is 5.12. The second kappa shape index (κ2) is 5.98. The minimum Gasteiger partial charge on any atom is -0.504 e. The van der Waals surface area contributed by atoms with Gasteiger partial charge in [-0.25, -0.2) is 0 Å². The van der Waals surface area contributed by atoms with Gasteiger partial charge in [0.05, 0.1) is 20.6 Å². The molecule has 1 N–H and O–H groups in total. The second-order valence-electron chi connectivity index (χ2n) is 3.21. The van der Waals surface area contributed by atoms with E-state index in [0.29, 0.717) is 12.2 Å². The van der Waals surface area contributed by atoms with Gasteiger partial charge in [-0.3, -0.25) is 4.79 Å². The maximum Gasteiger partial charge on any atom is 0.315 e. The van der Waals surface area contributed by atoms with Crippen LogP contribution in [0.4, 0.5) is 0 Å². The Morgan fingerprint density at radius 1 is 1.35 bits per heavy atom. The minimum absolute atomic E-state index is 0.101. The molecular formula is C12H15O5. The zero-order valence-electron chi connectivity index (χ0n) is 10.0. The molecule has 0 fully saturated rings. The number of ether oxygens (including phenoxy) is 3. The molecule has 5 heteroatoms. The lowest BCUT2D eigenvalue weighted by Crippen LogP contribution is -2.08. The van der Waals surface area contributed by atoms with E-state index >= 15 is 0 Å². The zero-order valence-corrected chi connectivity index (χ0v) is 10.0. The van der Waals surface area contributed by atoms with Crippen molar-refractivity contribution in [3.05, 3.63) is 18.6 Å². The molecule has 93 valence electrons. The highest BCUT2D eigenvalue weighted by molar-refractivity contribution is 5.82. The number of carbonyl (C=O) groups excluding carboxylic acids is 1. The van der Waals surface area contributed by atoms with Crippen molar-refractivity contribution in [1.82, 2.24) is 0 Å². The third-order valence-corrected chi connectivity index (χ3v) is 2.03. The summed E-state index contributed by atoms with van der Waals surface area (Å²) in [5.41, 5.74) is 0. The van der Waals surface area contributed by atoms with Crippen molar-refractivity contribution in [2.75, 3.05) is 14.2 Å². The van der Waals surface area contributed by atoms with E-state index in [-0.39, 0.29) is 17.2 Å².